The number of esters is 1. The largest absolute Gasteiger partial charge is 0.461 e. The second-order valence-corrected chi connectivity index (χ2v) is 5.62. The average Bonchev–Trinajstić information content (AvgIpc) is 2.94. The van der Waals surface area contributed by atoms with Crippen molar-refractivity contribution >= 4 is 16.9 Å². The third-order valence-electron chi connectivity index (χ3n) is 4.15. The fourth-order valence-electron chi connectivity index (χ4n) is 3.05. The van der Waals surface area contributed by atoms with E-state index >= 15 is 0 Å². The Balaban J connectivity index is 1.66. The highest BCUT2D eigenvalue weighted by atomic mass is 16.5. The highest BCUT2D eigenvalue weighted by Crippen LogP contribution is 2.34. The number of hydrogen-bond acceptors (Lipinski definition) is 3. The molecular weight excluding hydrogens is 276 g/mol. The van der Waals surface area contributed by atoms with Gasteiger partial charge in [-0.05, 0) is 49.6 Å². The predicted octanol–water partition coefficient (Wildman–Crippen LogP) is 4.53. The van der Waals surface area contributed by atoms with Gasteiger partial charge in [-0.3, -0.25) is 0 Å². The third kappa shape index (κ3) is 2.29. The Morgan fingerprint density at radius 1 is 1.00 bits per heavy atom. The minimum absolute atomic E-state index is 0.336. The predicted molar refractivity (Wildman–Crippen MR) is 84.3 cm³/mol. The molecule has 0 atom stereocenters. The molecule has 3 aromatic rings. The lowest BCUT2D eigenvalue weighted by Gasteiger charge is -2.09. The summed E-state index contributed by atoms with van der Waals surface area (Å²) in [5.74, 6) is 1.32. The number of rotatable bonds is 2. The monoisotopic (exact) mass is 292 g/mol. The summed E-state index contributed by atoms with van der Waals surface area (Å²) in [4.78, 5) is 12.1. The Morgan fingerprint density at radius 2 is 1.82 bits per heavy atom. The quantitative estimate of drug-likeness (QED) is 0.514. The van der Waals surface area contributed by atoms with E-state index in [9.17, 15) is 4.79 Å². The van der Waals surface area contributed by atoms with Crippen molar-refractivity contribution < 1.29 is 13.9 Å². The maximum Gasteiger partial charge on any atom is 0.343 e. The molecule has 1 aliphatic carbocycles. The Labute approximate surface area is 128 Å². The molecule has 110 valence electrons. The molecule has 0 saturated heterocycles. The van der Waals surface area contributed by atoms with Crippen LogP contribution in [0.4, 0.5) is 0 Å². The molecule has 3 heteroatoms. The first-order valence-electron chi connectivity index (χ1n) is 7.63. The molecule has 0 saturated carbocycles. The zero-order chi connectivity index (χ0) is 14.9. The van der Waals surface area contributed by atoms with Gasteiger partial charge < -0.3 is 9.15 Å². The lowest BCUT2D eigenvalue weighted by molar-refractivity contribution is 0.0735. The summed E-state index contributed by atoms with van der Waals surface area (Å²) in [6.07, 6.45) is 4.42. The van der Waals surface area contributed by atoms with Crippen molar-refractivity contribution in [2.24, 2.45) is 0 Å². The van der Waals surface area contributed by atoms with Crippen molar-refractivity contribution in [2.75, 3.05) is 0 Å². The first-order valence-corrected chi connectivity index (χ1v) is 7.63. The van der Waals surface area contributed by atoms with Gasteiger partial charge in [0, 0.05) is 17.4 Å². The molecule has 0 fully saturated rings. The fourth-order valence-corrected chi connectivity index (χ4v) is 3.05. The molecule has 0 N–H and O–H groups in total. The van der Waals surface area contributed by atoms with Crippen molar-refractivity contribution in [1.29, 1.82) is 0 Å². The zero-order valence-electron chi connectivity index (χ0n) is 12.2. The van der Waals surface area contributed by atoms with Crippen LogP contribution >= 0.6 is 0 Å². The summed E-state index contributed by atoms with van der Waals surface area (Å²) in [6.45, 7) is 0. The molecule has 0 aliphatic heterocycles. The highest BCUT2D eigenvalue weighted by Gasteiger charge is 2.18. The van der Waals surface area contributed by atoms with E-state index in [1.165, 1.54) is 18.4 Å². The van der Waals surface area contributed by atoms with E-state index in [1.807, 2.05) is 30.3 Å². The van der Waals surface area contributed by atoms with Gasteiger partial charge in [-0.15, -0.1) is 0 Å². The number of carbonyl (C=O) groups is 1. The molecule has 1 heterocycles. The Morgan fingerprint density at radius 3 is 2.68 bits per heavy atom. The summed E-state index contributed by atoms with van der Waals surface area (Å²) in [6, 6.07) is 14.6. The van der Waals surface area contributed by atoms with Crippen LogP contribution in [0.3, 0.4) is 0 Å². The van der Waals surface area contributed by atoms with E-state index in [4.69, 9.17) is 9.15 Å². The van der Waals surface area contributed by atoms with Gasteiger partial charge >= 0.3 is 5.97 Å². The third-order valence-corrected chi connectivity index (χ3v) is 4.15. The van der Waals surface area contributed by atoms with Crippen molar-refractivity contribution in [3.8, 4) is 5.75 Å². The number of benzene rings is 2. The molecule has 1 aliphatic rings. The van der Waals surface area contributed by atoms with Gasteiger partial charge in [0.05, 0.1) is 5.56 Å². The van der Waals surface area contributed by atoms with E-state index in [-0.39, 0.29) is 5.97 Å². The Kier molecular flexibility index (Phi) is 3.19. The molecule has 22 heavy (non-hydrogen) atoms. The number of carbonyl (C=O) groups excluding carboxylic acids is 1. The van der Waals surface area contributed by atoms with E-state index in [0.29, 0.717) is 11.3 Å². The van der Waals surface area contributed by atoms with E-state index in [0.717, 1.165) is 29.6 Å². The normalized spacial score (nSPS) is 13.8. The maximum atomic E-state index is 12.1. The molecule has 0 unspecified atom stereocenters. The fraction of sp³-hybridized carbons (Fsp3) is 0.211. The summed E-state index contributed by atoms with van der Waals surface area (Å²) >= 11 is 0. The van der Waals surface area contributed by atoms with Gasteiger partial charge in [-0.1, -0.05) is 18.2 Å². The first kappa shape index (κ1) is 13.1. The van der Waals surface area contributed by atoms with Gasteiger partial charge in [-0.25, -0.2) is 4.79 Å². The van der Waals surface area contributed by atoms with Gasteiger partial charge in [0.2, 0.25) is 0 Å². The second kappa shape index (κ2) is 5.34. The highest BCUT2D eigenvalue weighted by molar-refractivity contribution is 5.92. The van der Waals surface area contributed by atoms with Crippen molar-refractivity contribution in [3.63, 3.8) is 0 Å². The van der Waals surface area contributed by atoms with Gasteiger partial charge in [-0.2, -0.15) is 0 Å². The van der Waals surface area contributed by atoms with E-state index < -0.39 is 0 Å². The van der Waals surface area contributed by atoms with Crippen LogP contribution in [0, 0.1) is 0 Å². The van der Waals surface area contributed by atoms with Gasteiger partial charge in [0.25, 0.3) is 0 Å². The Hall–Kier alpha value is -2.55. The van der Waals surface area contributed by atoms with Crippen molar-refractivity contribution in [1.82, 2.24) is 0 Å². The minimum atomic E-state index is -0.336. The first-order chi connectivity index (χ1) is 10.8. The molecule has 0 amide bonds. The molecule has 4 rings (SSSR count). The summed E-state index contributed by atoms with van der Waals surface area (Å²) in [5, 5.41) is 1.08. The molecular formula is C19H16O3. The van der Waals surface area contributed by atoms with Crippen molar-refractivity contribution in [3.05, 3.63) is 65.4 Å². The van der Waals surface area contributed by atoms with Gasteiger partial charge in [0.15, 0.2) is 0 Å². The van der Waals surface area contributed by atoms with Crippen LogP contribution < -0.4 is 4.74 Å². The van der Waals surface area contributed by atoms with Gasteiger partial charge in [0.1, 0.15) is 17.1 Å². The van der Waals surface area contributed by atoms with Crippen LogP contribution in [0.1, 0.15) is 34.5 Å². The number of aryl methyl sites for hydroxylation is 2. The van der Waals surface area contributed by atoms with Crippen LogP contribution in [-0.2, 0) is 12.8 Å². The van der Waals surface area contributed by atoms with E-state index in [1.54, 1.807) is 18.2 Å². The van der Waals surface area contributed by atoms with Crippen LogP contribution in [0.5, 0.6) is 5.75 Å². The summed E-state index contributed by atoms with van der Waals surface area (Å²) in [7, 11) is 0. The van der Waals surface area contributed by atoms with Crippen LogP contribution in [0.25, 0.3) is 11.0 Å². The van der Waals surface area contributed by atoms with E-state index in [2.05, 4.69) is 0 Å². The minimum Gasteiger partial charge on any atom is -0.461 e. The molecule has 2 aromatic carbocycles. The molecule has 1 aromatic heterocycles. The standard InChI is InChI=1S/C19H16O3/c20-19(13-6-2-1-3-7-13)21-14-10-11-18-16(12-14)15-8-4-5-9-17(15)22-18/h1-3,6-7,10-12H,4-5,8-9H2. The lowest BCUT2D eigenvalue weighted by atomic mass is 9.96. The topological polar surface area (TPSA) is 39.4 Å². The number of hydrogen-bond donors (Lipinski definition) is 0. The smallest absolute Gasteiger partial charge is 0.343 e. The zero-order valence-corrected chi connectivity index (χ0v) is 12.2. The van der Waals surface area contributed by atoms with Crippen molar-refractivity contribution in [2.45, 2.75) is 25.7 Å². The SMILES string of the molecule is O=C(Oc1ccc2oc3c(c2c1)CCCC3)c1ccccc1. The average molecular weight is 292 g/mol. The van der Waals surface area contributed by atoms with Crippen LogP contribution in [0.2, 0.25) is 0 Å². The number of furan rings is 1. The summed E-state index contributed by atoms with van der Waals surface area (Å²) < 4.78 is 11.4. The number of fused-ring (bicyclic) bond motifs is 3. The molecule has 0 bridgehead atoms. The second-order valence-electron chi connectivity index (χ2n) is 5.62. The molecule has 0 radical (unpaired) electrons. The lowest BCUT2D eigenvalue weighted by Crippen LogP contribution is -2.08. The molecule has 0 spiro atoms. The Bertz CT molecular complexity index is 831. The molecule has 3 nitrogen and oxygen atoms in total. The number of ether oxygens (including phenoxy) is 1. The van der Waals surface area contributed by atoms with Crippen LogP contribution in [0.15, 0.2) is 52.9 Å². The maximum absolute atomic E-state index is 12.1. The summed E-state index contributed by atoms with van der Waals surface area (Å²) in [5.41, 5.74) is 2.71. The van der Waals surface area contributed by atoms with Crippen LogP contribution in [-0.4, -0.2) is 5.97 Å².